The maximum absolute atomic E-state index is 11.1. The second-order valence-electron chi connectivity index (χ2n) is 3.75. The summed E-state index contributed by atoms with van der Waals surface area (Å²) in [4.78, 5) is 13.0. The fourth-order valence-corrected chi connectivity index (χ4v) is 1.61. The third-order valence-electron chi connectivity index (χ3n) is 2.35. The Balaban J connectivity index is 3.10. The molecule has 82 valence electrons. The van der Waals surface area contributed by atoms with Crippen molar-refractivity contribution in [2.45, 2.75) is 20.3 Å². The van der Waals surface area contributed by atoms with E-state index in [1.54, 1.807) is 6.07 Å². The van der Waals surface area contributed by atoms with Crippen LogP contribution in [0.4, 0.5) is 5.69 Å². The first-order chi connectivity index (χ1) is 7.06. The summed E-state index contributed by atoms with van der Waals surface area (Å²) in [5.41, 5.74) is 2.14. The summed E-state index contributed by atoms with van der Waals surface area (Å²) in [6, 6.07) is 5.52. The van der Waals surface area contributed by atoms with Gasteiger partial charge in [0.1, 0.15) is 0 Å². The van der Waals surface area contributed by atoms with Crippen molar-refractivity contribution in [3.63, 3.8) is 0 Å². The lowest BCUT2D eigenvalue weighted by molar-refractivity contribution is 0.0697. The quantitative estimate of drug-likeness (QED) is 0.824. The molecule has 0 saturated carbocycles. The maximum Gasteiger partial charge on any atom is 0.337 e. The van der Waals surface area contributed by atoms with Crippen LogP contribution in [0.15, 0.2) is 18.2 Å². The van der Waals surface area contributed by atoms with Crippen LogP contribution >= 0.6 is 0 Å². The Hall–Kier alpha value is -1.51. The molecule has 1 N–H and O–H groups in total. The molecule has 0 aliphatic heterocycles. The average Bonchev–Trinajstić information content (AvgIpc) is 2.17. The number of carboxylic acids is 1. The third-order valence-corrected chi connectivity index (χ3v) is 2.35. The number of carboxylic acid groups (broad SMARTS) is 1. The second kappa shape index (κ2) is 4.82. The predicted molar refractivity (Wildman–Crippen MR) is 61.7 cm³/mol. The fraction of sp³-hybridized carbons (Fsp3) is 0.417. The molecule has 0 unspecified atom stereocenters. The Morgan fingerprint density at radius 1 is 1.47 bits per heavy atom. The van der Waals surface area contributed by atoms with Gasteiger partial charge in [0, 0.05) is 13.6 Å². The van der Waals surface area contributed by atoms with Gasteiger partial charge in [-0.25, -0.2) is 4.79 Å². The Labute approximate surface area is 90.3 Å². The molecule has 0 radical (unpaired) electrons. The van der Waals surface area contributed by atoms with Crippen molar-refractivity contribution in [2.75, 3.05) is 18.5 Å². The Bertz CT molecular complexity index is 361. The zero-order valence-electron chi connectivity index (χ0n) is 9.45. The molecule has 0 heterocycles. The number of benzene rings is 1. The van der Waals surface area contributed by atoms with Crippen LogP contribution < -0.4 is 4.90 Å². The summed E-state index contributed by atoms with van der Waals surface area (Å²) < 4.78 is 0. The van der Waals surface area contributed by atoms with Gasteiger partial charge in [-0.05, 0) is 25.5 Å². The third kappa shape index (κ3) is 2.72. The molecule has 0 aliphatic rings. The van der Waals surface area contributed by atoms with Crippen molar-refractivity contribution in [1.29, 1.82) is 0 Å². The van der Waals surface area contributed by atoms with Crippen molar-refractivity contribution < 1.29 is 9.90 Å². The maximum atomic E-state index is 11.1. The van der Waals surface area contributed by atoms with E-state index in [-0.39, 0.29) is 0 Å². The highest BCUT2D eigenvalue weighted by molar-refractivity contribution is 5.94. The van der Waals surface area contributed by atoms with Crippen molar-refractivity contribution in [1.82, 2.24) is 0 Å². The number of hydrogen-bond acceptors (Lipinski definition) is 2. The van der Waals surface area contributed by atoms with Gasteiger partial charge in [-0.15, -0.1) is 0 Å². The van der Waals surface area contributed by atoms with Crippen LogP contribution in [0.3, 0.4) is 0 Å². The molecule has 3 heteroatoms. The van der Waals surface area contributed by atoms with Gasteiger partial charge in [0.05, 0.1) is 11.3 Å². The van der Waals surface area contributed by atoms with Gasteiger partial charge in [0.2, 0.25) is 0 Å². The molecule has 0 saturated heterocycles. The molecule has 0 aromatic heterocycles. The minimum atomic E-state index is -0.864. The molecule has 0 aliphatic carbocycles. The first kappa shape index (κ1) is 11.6. The van der Waals surface area contributed by atoms with Crippen LogP contribution in [-0.2, 0) is 0 Å². The van der Waals surface area contributed by atoms with E-state index >= 15 is 0 Å². The number of rotatable bonds is 4. The lowest BCUT2D eigenvalue weighted by Gasteiger charge is -2.20. The monoisotopic (exact) mass is 207 g/mol. The van der Waals surface area contributed by atoms with E-state index in [1.165, 1.54) is 0 Å². The van der Waals surface area contributed by atoms with Crippen LogP contribution in [-0.4, -0.2) is 24.7 Å². The van der Waals surface area contributed by atoms with E-state index in [1.807, 2.05) is 31.0 Å². The lowest BCUT2D eigenvalue weighted by atomic mass is 10.1. The summed E-state index contributed by atoms with van der Waals surface area (Å²) in [7, 11) is 1.92. The first-order valence-corrected chi connectivity index (χ1v) is 5.11. The standard InChI is InChI=1S/C12H17NO2/c1-4-7-13(3)11-6-5-9(2)8-10(11)12(14)15/h5-6,8H,4,7H2,1-3H3,(H,14,15). The molecule has 15 heavy (non-hydrogen) atoms. The van der Waals surface area contributed by atoms with E-state index in [0.717, 1.165) is 24.2 Å². The van der Waals surface area contributed by atoms with Crippen molar-refractivity contribution in [3.05, 3.63) is 29.3 Å². The smallest absolute Gasteiger partial charge is 0.337 e. The van der Waals surface area contributed by atoms with Crippen LogP contribution in [0.1, 0.15) is 29.3 Å². The van der Waals surface area contributed by atoms with Gasteiger partial charge >= 0.3 is 5.97 Å². The minimum Gasteiger partial charge on any atom is -0.478 e. The van der Waals surface area contributed by atoms with Gasteiger partial charge in [0.25, 0.3) is 0 Å². The zero-order chi connectivity index (χ0) is 11.4. The van der Waals surface area contributed by atoms with E-state index < -0.39 is 5.97 Å². The van der Waals surface area contributed by atoms with Crippen LogP contribution in [0, 0.1) is 6.92 Å². The molecule has 0 spiro atoms. The molecular weight excluding hydrogens is 190 g/mol. The van der Waals surface area contributed by atoms with E-state index in [4.69, 9.17) is 5.11 Å². The van der Waals surface area contributed by atoms with Gasteiger partial charge in [-0.1, -0.05) is 18.6 Å². The summed E-state index contributed by atoms with van der Waals surface area (Å²) in [6.45, 7) is 4.84. The molecule has 0 amide bonds. The van der Waals surface area contributed by atoms with Crippen molar-refractivity contribution in [2.24, 2.45) is 0 Å². The van der Waals surface area contributed by atoms with Gasteiger partial charge in [-0.3, -0.25) is 0 Å². The molecule has 0 bridgehead atoms. The predicted octanol–water partition coefficient (Wildman–Crippen LogP) is 2.54. The zero-order valence-corrected chi connectivity index (χ0v) is 9.45. The first-order valence-electron chi connectivity index (χ1n) is 5.11. The molecule has 1 aromatic carbocycles. The molecule has 1 rings (SSSR count). The van der Waals surface area contributed by atoms with Gasteiger partial charge < -0.3 is 10.0 Å². The Morgan fingerprint density at radius 2 is 2.13 bits per heavy atom. The van der Waals surface area contributed by atoms with E-state index in [0.29, 0.717) is 5.56 Å². The average molecular weight is 207 g/mol. The Morgan fingerprint density at radius 3 is 2.67 bits per heavy atom. The highest BCUT2D eigenvalue weighted by atomic mass is 16.4. The van der Waals surface area contributed by atoms with Crippen molar-refractivity contribution in [3.8, 4) is 0 Å². The number of aryl methyl sites for hydroxylation is 1. The summed E-state index contributed by atoms with van der Waals surface area (Å²) in [5.74, 6) is -0.864. The number of hydrogen-bond donors (Lipinski definition) is 1. The van der Waals surface area contributed by atoms with E-state index in [9.17, 15) is 4.79 Å². The normalized spacial score (nSPS) is 10.1. The van der Waals surface area contributed by atoms with Crippen LogP contribution in [0.2, 0.25) is 0 Å². The van der Waals surface area contributed by atoms with Gasteiger partial charge in [0.15, 0.2) is 0 Å². The molecule has 1 aromatic rings. The molecule has 0 fully saturated rings. The van der Waals surface area contributed by atoms with Crippen molar-refractivity contribution >= 4 is 11.7 Å². The molecular formula is C12H17NO2. The number of nitrogens with zero attached hydrogens (tertiary/aromatic N) is 1. The summed E-state index contributed by atoms with van der Waals surface area (Å²) in [6.07, 6.45) is 1.00. The second-order valence-corrected chi connectivity index (χ2v) is 3.75. The van der Waals surface area contributed by atoms with Crippen LogP contribution in [0.5, 0.6) is 0 Å². The number of aromatic carboxylic acids is 1. The SMILES string of the molecule is CCCN(C)c1ccc(C)cc1C(=O)O. The molecule has 0 atom stereocenters. The largest absolute Gasteiger partial charge is 0.478 e. The van der Waals surface area contributed by atoms with Gasteiger partial charge in [-0.2, -0.15) is 0 Å². The minimum absolute atomic E-state index is 0.381. The summed E-state index contributed by atoms with van der Waals surface area (Å²) in [5, 5.41) is 9.08. The number of carbonyl (C=O) groups is 1. The highest BCUT2D eigenvalue weighted by Gasteiger charge is 2.12. The topological polar surface area (TPSA) is 40.5 Å². The fourth-order valence-electron chi connectivity index (χ4n) is 1.61. The molecule has 3 nitrogen and oxygen atoms in total. The number of anilines is 1. The van der Waals surface area contributed by atoms with Crippen LogP contribution in [0.25, 0.3) is 0 Å². The van der Waals surface area contributed by atoms with E-state index in [2.05, 4.69) is 6.92 Å². The lowest BCUT2D eigenvalue weighted by Crippen LogP contribution is -2.20. The highest BCUT2D eigenvalue weighted by Crippen LogP contribution is 2.21. The Kier molecular flexibility index (Phi) is 3.72. The summed E-state index contributed by atoms with van der Waals surface area (Å²) >= 11 is 0.